The van der Waals surface area contributed by atoms with Crippen LogP contribution in [0.1, 0.15) is 25.3 Å². The van der Waals surface area contributed by atoms with E-state index in [0.29, 0.717) is 29.0 Å². The van der Waals surface area contributed by atoms with Gasteiger partial charge in [-0.15, -0.1) is 0 Å². The zero-order chi connectivity index (χ0) is 20.4. The topological polar surface area (TPSA) is 90.6 Å². The first kappa shape index (κ1) is 19.2. The number of hydrogen-bond donors (Lipinski definition) is 0. The Morgan fingerprint density at radius 3 is 2.83 bits per heavy atom. The third-order valence-corrected chi connectivity index (χ3v) is 5.07. The fourth-order valence-electron chi connectivity index (χ4n) is 3.31. The molecule has 0 radical (unpaired) electrons. The van der Waals surface area contributed by atoms with E-state index in [2.05, 4.69) is 21.8 Å². The van der Waals surface area contributed by atoms with Crippen LogP contribution in [0.3, 0.4) is 0 Å². The quantitative estimate of drug-likeness (QED) is 0.407. The lowest BCUT2D eigenvalue weighted by molar-refractivity contribution is -0.384. The van der Waals surface area contributed by atoms with Crippen LogP contribution in [-0.2, 0) is 6.54 Å². The summed E-state index contributed by atoms with van der Waals surface area (Å²) in [6.07, 6.45) is 3.41. The number of benzene rings is 2. The fourth-order valence-corrected chi connectivity index (χ4v) is 3.54. The molecule has 0 unspecified atom stereocenters. The highest BCUT2D eigenvalue weighted by Gasteiger charge is 2.20. The lowest BCUT2D eigenvalue weighted by atomic mass is 10.1. The number of rotatable bonds is 7. The fraction of sp³-hybridized carbons (Fsp3) is 0.300. The van der Waals surface area contributed by atoms with Crippen LogP contribution in [0.15, 0.2) is 36.7 Å². The minimum Gasteiger partial charge on any atom is -0.454 e. The van der Waals surface area contributed by atoms with Crippen LogP contribution in [0.2, 0.25) is 5.02 Å². The van der Waals surface area contributed by atoms with E-state index in [4.69, 9.17) is 21.1 Å². The molecule has 2 aromatic carbocycles. The summed E-state index contributed by atoms with van der Waals surface area (Å²) in [5.41, 5.74) is 1.44. The molecule has 0 spiro atoms. The van der Waals surface area contributed by atoms with Gasteiger partial charge in [0.15, 0.2) is 11.5 Å². The van der Waals surface area contributed by atoms with Crippen LogP contribution in [0.4, 0.5) is 11.5 Å². The van der Waals surface area contributed by atoms with E-state index in [0.717, 1.165) is 30.7 Å². The predicted octanol–water partition coefficient (Wildman–Crippen LogP) is 4.73. The average Bonchev–Trinajstić information content (AvgIpc) is 3.17. The highest BCUT2D eigenvalue weighted by atomic mass is 35.5. The second kappa shape index (κ2) is 8.08. The third-order valence-electron chi connectivity index (χ3n) is 4.77. The molecule has 3 aromatic rings. The Labute approximate surface area is 172 Å². The molecule has 2 heterocycles. The van der Waals surface area contributed by atoms with E-state index in [9.17, 15) is 10.1 Å². The van der Waals surface area contributed by atoms with Gasteiger partial charge >= 0.3 is 0 Å². The van der Waals surface area contributed by atoms with Gasteiger partial charge in [-0.3, -0.25) is 10.1 Å². The summed E-state index contributed by atoms with van der Waals surface area (Å²) in [5, 5.41) is 12.0. The molecule has 9 heteroatoms. The van der Waals surface area contributed by atoms with Gasteiger partial charge in [-0.05, 0) is 30.2 Å². The Morgan fingerprint density at radius 1 is 1.21 bits per heavy atom. The van der Waals surface area contributed by atoms with E-state index in [-0.39, 0.29) is 17.5 Å². The van der Waals surface area contributed by atoms with Gasteiger partial charge in [0.1, 0.15) is 17.2 Å². The highest BCUT2D eigenvalue weighted by Crippen LogP contribution is 2.35. The smallest absolute Gasteiger partial charge is 0.288 e. The summed E-state index contributed by atoms with van der Waals surface area (Å²) in [5.74, 6) is 2.08. The summed E-state index contributed by atoms with van der Waals surface area (Å²) in [6.45, 7) is 3.65. The Hall–Kier alpha value is -3.13. The van der Waals surface area contributed by atoms with Gasteiger partial charge in [0, 0.05) is 24.5 Å². The summed E-state index contributed by atoms with van der Waals surface area (Å²) in [6, 6.07) is 8.78. The summed E-state index contributed by atoms with van der Waals surface area (Å²) < 4.78 is 10.9. The number of hydrogen-bond acceptors (Lipinski definition) is 7. The first-order chi connectivity index (χ1) is 14.1. The van der Waals surface area contributed by atoms with Crippen molar-refractivity contribution in [1.29, 1.82) is 0 Å². The molecule has 29 heavy (non-hydrogen) atoms. The number of anilines is 1. The number of halogens is 1. The molecule has 0 saturated carbocycles. The molecule has 0 N–H and O–H groups in total. The van der Waals surface area contributed by atoms with Crippen molar-refractivity contribution in [3.8, 4) is 11.5 Å². The van der Waals surface area contributed by atoms with Crippen LogP contribution in [0.5, 0.6) is 11.5 Å². The molecule has 4 rings (SSSR count). The monoisotopic (exact) mass is 414 g/mol. The SMILES string of the molecule is CCCCN(Cc1ccc2c(c1)OCO2)c1ncnc2cc(Cl)c([N+](=O)[O-])cc12. The van der Waals surface area contributed by atoms with Crippen molar-refractivity contribution in [3.63, 3.8) is 0 Å². The van der Waals surface area contributed by atoms with Gasteiger partial charge in [-0.25, -0.2) is 9.97 Å². The normalized spacial score (nSPS) is 12.3. The Kier molecular flexibility index (Phi) is 5.35. The van der Waals surface area contributed by atoms with Crippen molar-refractivity contribution < 1.29 is 14.4 Å². The number of aromatic nitrogens is 2. The Balaban J connectivity index is 1.75. The molecule has 8 nitrogen and oxygen atoms in total. The molecule has 0 aliphatic carbocycles. The van der Waals surface area contributed by atoms with Crippen LogP contribution in [0.25, 0.3) is 10.9 Å². The third kappa shape index (κ3) is 3.88. The van der Waals surface area contributed by atoms with Crippen LogP contribution < -0.4 is 14.4 Å². The summed E-state index contributed by atoms with van der Waals surface area (Å²) >= 11 is 6.06. The van der Waals surface area contributed by atoms with Gasteiger partial charge in [-0.1, -0.05) is 31.0 Å². The number of nitro benzene ring substituents is 1. The second-order valence-corrected chi connectivity index (χ2v) is 7.15. The molecule has 0 amide bonds. The molecule has 0 fully saturated rings. The van der Waals surface area contributed by atoms with Crippen molar-refractivity contribution in [2.45, 2.75) is 26.3 Å². The largest absolute Gasteiger partial charge is 0.454 e. The standard InChI is InChI=1S/C20H19ClN4O4/c1-2-3-6-24(10-13-4-5-18-19(7-13)29-12-28-18)20-14-8-17(25(26)27)15(21)9-16(14)22-11-23-20/h4-5,7-9,11H,2-3,6,10,12H2,1H3. The molecule has 0 saturated heterocycles. The van der Waals surface area contributed by atoms with Crippen LogP contribution in [0, 0.1) is 10.1 Å². The lowest BCUT2D eigenvalue weighted by Crippen LogP contribution is -2.25. The van der Waals surface area contributed by atoms with E-state index in [1.807, 2.05) is 18.2 Å². The number of ether oxygens (including phenoxy) is 2. The minimum absolute atomic E-state index is 0.0584. The van der Waals surface area contributed by atoms with Gasteiger partial charge in [0.05, 0.1) is 10.4 Å². The van der Waals surface area contributed by atoms with E-state index in [1.165, 1.54) is 18.5 Å². The highest BCUT2D eigenvalue weighted by molar-refractivity contribution is 6.33. The predicted molar refractivity (Wildman–Crippen MR) is 110 cm³/mol. The zero-order valence-corrected chi connectivity index (χ0v) is 16.6. The van der Waals surface area contributed by atoms with E-state index < -0.39 is 4.92 Å². The van der Waals surface area contributed by atoms with Gasteiger partial charge < -0.3 is 14.4 Å². The van der Waals surface area contributed by atoms with E-state index in [1.54, 1.807) is 0 Å². The number of unbranched alkanes of at least 4 members (excludes halogenated alkanes) is 1. The second-order valence-electron chi connectivity index (χ2n) is 6.74. The summed E-state index contributed by atoms with van der Waals surface area (Å²) in [7, 11) is 0. The number of fused-ring (bicyclic) bond motifs is 2. The summed E-state index contributed by atoms with van der Waals surface area (Å²) in [4.78, 5) is 21.7. The molecular weight excluding hydrogens is 396 g/mol. The van der Waals surface area contributed by atoms with Crippen molar-refractivity contribution in [1.82, 2.24) is 9.97 Å². The van der Waals surface area contributed by atoms with Gasteiger partial charge in [0.2, 0.25) is 6.79 Å². The zero-order valence-electron chi connectivity index (χ0n) is 15.8. The molecule has 1 aromatic heterocycles. The maximum Gasteiger partial charge on any atom is 0.288 e. The minimum atomic E-state index is -0.493. The number of nitro groups is 1. The average molecular weight is 415 g/mol. The van der Waals surface area contributed by atoms with Crippen LogP contribution >= 0.6 is 11.6 Å². The van der Waals surface area contributed by atoms with E-state index >= 15 is 0 Å². The first-order valence-corrected chi connectivity index (χ1v) is 9.66. The molecular formula is C20H19ClN4O4. The van der Waals surface area contributed by atoms with Crippen LogP contribution in [-0.4, -0.2) is 28.2 Å². The number of nitrogens with zero attached hydrogens (tertiary/aromatic N) is 4. The van der Waals surface area contributed by atoms with Crippen molar-refractivity contribution in [2.75, 3.05) is 18.2 Å². The first-order valence-electron chi connectivity index (χ1n) is 9.29. The van der Waals surface area contributed by atoms with Crippen molar-refractivity contribution >= 4 is 34.0 Å². The maximum absolute atomic E-state index is 11.4. The molecule has 0 atom stereocenters. The molecule has 150 valence electrons. The molecule has 0 bridgehead atoms. The molecule has 1 aliphatic rings. The maximum atomic E-state index is 11.4. The van der Waals surface area contributed by atoms with Gasteiger partial charge in [-0.2, -0.15) is 0 Å². The van der Waals surface area contributed by atoms with Gasteiger partial charge in [0.25, 0.3) is 5.69 Å². The Bertz CT molecular complexity index is 1080. The van der Waals surface area contributed by atoms with Crippen molar-refractivity contribution in [2.24, 2.45) is 0 Å². The Morgan fingerprint density at radius 2 is 2.03 bits per heavy atom. The molecule has 1 aliphatic heterocycles. The van der Waals surface area contributed by atoms with Crippen molar-refractivity contribution in [3.05, 3.63) is 57.4 Å². The lowest BCUT2D eigenvalue weighted by Gasteiger charge is -2.25.